The van der Waals surface area contributed by atoms with Crippen LogP contribution >= 0.6 is 0 Å². The van der Waals surface area contributed by atoms with Crippen molar-refractivity contribution in [3.05, 3.63) is 29.6 Å². The molecule has 0 saturated carbocycles. The van der Waals surface area contributed by atoms with Crippen molar-refractivity contribution in [3.8, 4) is 6.07 Å². The van der Waals surface area contributed by atoms with E-state index in [9.17, 15) is 4.79 Å². The summed E-state index contributed by atoms with van der Waals surface area (Å²) in [6, 6.07) is 5.04. The smallest absolute Gasteiger partial charge is 0.251 e. The molecule has 0 bridgehead atoms. The van der Waals surface area contributed by atoms with Crippen LogP contribution in [0.15, 0.2) is 18.3 Å². The van der Waals surface area contributed by atoms with Gasteiger partial charge in [0.1, 0.15) is 11.8 Å². The third-order valence-corrected chi connectivity index (χ3v) is 3.32. The van der Waals surface area contributed by atoms with Crippen LogP contribution in [0.1, 0.15) is 35.3 Å². The fourth-order valence-electron chi connectivity index (χ4n) is 2.16. The van der Waals surface area contributed by atoms with Gasteiger partial charge in [-0.2, -0.15) is 5.26 Å². The Labute approximate surface area is 112 Å². The van der Waals surface area contributed by atoms with Crippen LogP contribution in [-0.4, -0.2) is 30.6 Å². The van der Waals surface area contributed by atoms with Gasteiger partial charge in [0.25, 0.3) is 5.91 Å². The summed E-state index contributed by atoms with van der Waals surface area (Å²) in [7, 11) is 0. The number of hydrogen-bond donors (Lipinski definition) is 1. The van der Waals surface area contributed by atoms with Gasteiger partial charge in [-0.25, -0.2) is 4.98 Å². The van der Waals surface area contributed by atoms with E-state index >= 15 is 0 Å². The number of pyridine rings is 1. The molecule has 0 aromatic carbocycles. The van der Waals surface area contributed by atoms with E-state index in [4.69, 9.17) is 10.00 Å². The largest absolute Gasteiger partial charge is 0.381 e. The van der Waals surface area contributed by atoms with E-state index in [1.165, 1.54) is 12.3 Å². The molecular weight excluding hydrogens is 242 g/mol. The summed E-state index contributed by atoms with van der Waals surface area (Å²) < 4.78 is 5.30. The topological polar surface area (TPSA) is 75.0 Å². The Morgan fingerprint density at radius 2 is 2.32 bits per heavy atom. The van der Waals surface area contributed by atoms with Crippen molar-refractivity contribution in [2.75, 3.05) is 19.8 Å². The highest BCUT2D eigenvalue weighted by molar-refractivity contribution is 5.94. The SMILES string of the molecule is N#Cc1cc(C(=O)NCCC2CCOCC2)ccn1. The second kappa shape index (κ2) is 6.86. The third-order valence-electron chi connectivity index (χ3n) is 3.32. The molecule has 1 aliphatic heterocycles. The second-order valence-corrected chi connectivity index (χ2v) is 4.64. The van der Waals surface area contributed by atoms with Gasteiger partial charge in [0, 0.05) is 31.5 Å². The zero-order valence-corrected chi connectivity index (χ0v) is 10.8. The maximum Gasteiger partial charge on any atom is 0.251 e. The highest BCUT2D eigenvalue weighted by atomic mass is 16.5. The fourth-order valence-corrected chi connectivity index (χ4v) is 2.16. The molecule has 2 heterocycles. The van der Waals surface area contributed by atoms with Crippen LogP contribution in [0.4, 0.5) is 0 Å². The van der Waals surface area contributed by atoms with E-state index < -0.39 is 0 Å². The maximum absolute atomic E-state index is 11.9. The predicted molar refractivity (Wildman–Crippen MR) is 69.4 cm³/mol. The standard InChI is InChI=1S/C14H17N3O2/c15-10-13-9-12(2-6-16-13)14(18)17-5-1-11-3-7-19-8-4-11/h2,6,9,11H,1,3-5,7-8H2,(H,17,18). The molecule has 1 aliphatic rings. The number of ether oxygens (including phenoxy) is 1. The molecule has 0 aliphatic carbocycles. The minimum Gasteiger partial charge on any atom is -0.381 e. The van der Waals surface area contributed by atoms with Gasteiger partial charge in [-0.3, -0.25) is 4.79 Å². The van der Waals surface area contributed by atoms with Gasteiger partial charge in [0.2, 0.25) is 0 Å². The lowest BCUT2D eigenvalue weighted by Gasteiger charge is -2.21. The monoisotopic (exact) mass is 259 g/mol. The Bertz CT molecular complexity index is 476. The van der Waals surface area contributed by atoms with Crippen molar-refractivity contribution < 1.29 is 9.53 Å². The summed E-state index contributed by atoms with van der Waals surface area (Å²) in [4.78, 5) is 15.7. The first-order chi connectivity index (χ1) is 9.29. The Morgan fingerprint density at radius 1 is 1.53 bits per heavy atom. The molecule has 2 rings (SSSR count). The first-order valence-electron chi connectivity index (χ1n) is 6.51. The van der Waals surface area contributed by atoms with E-state index in [0.717, 1.165) is 32.5 Å². The predicted octanol–water partition coefficient (Wildman–Crippen LogP) is 1.50. The molecule has 100 valence electrons. The molecule has 1 fully saturated rings. The van der Waals surface area contributed by atoms with Crippen molar-refractivity contribution in [1.82, 2.24) is 10.3 Å². The van der Waals surface area contributed by atoms with Gasteiger partial charge in [0.05, 0.1) is 0 Å². The molecule has 0 atom stereocenters. The lowest BCUT2D eigenvalue weighted by Crippen LogP contribution is -2.27. The molecule has 1 amide bonds. The Hall–Kier alpha value is -1.93. The molecule has 19 heavy (non-hydrogen) atoms. The first kappa shape index (κ1) is 13.5. The van der Waals surface area contributed by atoms with Crippen molar-refractivity contribution in [2.24, 2.45) is 5.92 Å². The van der Waals surface area contributed by atoms with Crippen LogP contribution in [0.3, 0.4) is 0 Å². The maximum atomic E-state index is 11.9. The lowest BCUT2D eigenvalue weighted by atomic mass is 9.97. The van der Waals surface area contributed by atoms with E-state index in [0.29, 0.717) is 18.0 Å². The molecule has 1 aromatic rings. The fraction of sp³-hybridized carbons (Fsp3) is 0.500. The molecule has 0 spiro atoms. The molecule has 0 unspecified atom stereocenters. The van der Waals surface area contributed by atoms with E-state index in [-0.39, 0.29) is 11.6 Å². The molecule has 1 saturated heterocycles. The lowest BCUT2D eigenvalue weighted by molar-refractivity contribution is 0.0636. The van der Waals surface area contributed by atoms with Gasteiger partial charge in [-0.05, 0) is 37.3 Å². The number of rotatable bonds is 4. The highest BCUT2D eigenvalue weighted by Crippen LogP contribution is 2.17. The number of nitrogens with one attached hydrogen (secondary N) is 1. The van der Waals surface area contributed by atoms with Crippen LogP contribution in [0, 0.1) is 17.2 Å². The Kier molecular flexibility index (Phi) is 4.87. The summed E-state index contributed by atoms with van der Waals surface area (Å²) in [5, 5.41) is 11.6. The molecule has 1 aromatic heterocycles. The summed E-state index contributed by atoms with van der Waals surface area (Å²) in [5.74, 6) is 0.493. The molecule has 0 radical (unpaired) electrons. The van der Waals surface area contributed by atoms with Crippen molar-refractivity contribution in [1.29, 1.82) is 5.26 Å². The Balaban J connectivity index is 1.79. The molecule has 5 heteroatoms. The van der Waals surface area contributed by atoms with Crippen molar-refractivity contribution >= 4 is 5.91 Å². The second-order valence-electron chi connectivity index (χ2n) is 4.64. The van der Waals surface area contributed by atoms with Gasteiger partial charge in [0.15, 0.2) is 0 Å². The Morgan fingerprint density at radius 3 is 3.05 bits per heavy atom. The summed E-state index contributed by atoms with van der Waals surface area (Å²) in [6.07, 6.45) is 4.60. The van der Waals surface area contributed by atoms with Crippen LogP contribution in [0.25, 0.3) is 0 Å². The molecule has 1 N–H and O–H groups in total. The van der Waals surface area contributed by atoms with Crippen molar-refractivity contribution in [2.45, 2.75) is 19.3 Å². The number of nitrogens with zero attached hydrogens (tertiary/aromatic N) is 2. The van der Waals surface area contributed by atoms with Crippen molar-refractivity contribution in [3.63, 3.8) is 0 Å². The number of hydrogen-bond acceptors (Lipinski definition) is 4. The van der Waals surface area contributed by atoms with Crippen LogP contribution in [-0.2, 0) is 4.74 Å². The highest BCUT2D eigenvalue weighted by Gasteiger charge is 2.14. The minimum atomic E-state index is -0.147. The summed E-state index contributed by atoms with van der Waals surface area (Å²) in [6.45, 7) is 2.32. The quantitative estimate of drug-likeness (QED) is 0.889. The summed E-state index contributed by atoms with van der Waals surface area (Å²) in [5.41, 5.74) is 0.746. The van der Waals surface area contributed by atoms with E-state index in [2.05, 4.69) is 10.3 Å². The zero-order valence-electron chi connectivity index (χ0n) is 10.8. The average molecular weight is 259 g/mol. The molecular formula is C14H17N3O2. The van der Waals surface area contributed by atoms with Gasteiger partial charge in [-0.15, -0.1) is 0 Å². The number of carbonyl (C=O) groups is 1. The van der Waals surface area contributed by atoms with E-state index in [1.807, 2.05) is 6.07 Å². The summed E-state index contributed by atoms with van der Waals surface area (Å²) >= 11 is 0. The number of aromatic nitrogens is 1. The third kappa shape index (κ3) is 4.04. The molecule has 5 nitrogen and oxygen atoms in total. The van der Waals surface area contributed by atoms with Crippen LogP contribution in [0.2, 0.25) is 0 Å². The van der Waals surface area contributed by atoms with Crippen LogP contribution in [0.5, 0.6) is 0 Å². The van der Waals surface area contributed by atoms with E-state index in [1.54, 1.807) is 6.07 Å². The number of carbonyl (C=O) groups excluding carboxylic acids is 1. The minimum absolute atomic E-state index is 0.147. The van der Waals surface area contributed by atoms with Gasteiger partial charge in [-0.1, -0.05) is 0 Å². The zero-order chi connectivity index (χ0) is 13.5. The normalized spacial score (nSPS) is 15.7. The average Bonchev–Trinajstić information content (AvgIpc) is 2.48. The first-order valence-corrected chi connectivity index (χ1v) is 6.51. The van der Waals surface area contributed by atoms with Gasteiger partial charge < -0.3 is 10.1 Å². The number of amides is 1. The van der Waals surface area contributed by atoms with Crippen LogP contribution < -0.4 is 5.32 Å². The number of nitriles is 1. The van der Waals surface area contributed by atoms with Gasteiger partial charge >= 0.3 is 0 Å².